The molecule has 2 aromatic carbocycles. The van der Waals surface area contributed by atoms with Gasteiger partial charge in [0.1, 0.15) is 5.75 Å². The summed E-state index contributed by atoms with van der Waals surface area (Å²) in [6, 6.07) is 14.5. The SMILES string of the molecule is O=C(COc1ccc([N+](=O)[O-])cc1Cc1ccccc1)NC(C1CC1)C1CC1. The Morgan fingerprint density at radius 3 is 2.39 bits per heavy atom. The lowest BCUT2D eigenvalue weighted by Gasteiger charge is -2.18. The summed E-state index contributed by atoms with van der Waals surface area (Å²) >= 11 is 0. The second kappa shape index (κ2) is 8.00. The van der Waals surface area contributed by atoms with Crippen molar-refractivity contribution in [3.05, 3.63) is 69.8 Å². The van der Waals surface area contributed by atoms with Gasteiger partial charge in [0.2, 0.25) is 0 Å². The van der Waals surface area contributed by atoms with E-state index in [1.54, 1.807) is 6.07 Å². The number of hydrogen-bond acceptors (Lipinski definition) is 4. The lowest BCUT2D eigenvalue weighted by atomic mass is 10.0. The minimum atomic E-state index is -0.416. The monoisotopic (exact) mass is 380 g/mol. The summed E-state index contributed by atoms with van der Waals surface area (Å²) in [4.78, 5) is 23.1. The van der Waals surface area contributed by atoms with Crippen LogP contribution in [-0.2, 0) is 11.2 Å². The first kappa shape index (κ1) is 18.5. The number of non-ortho nitro benzene ring substituents is 1. The van der Waals surface area contributed by atoms with Crippen molar-refractivity contribution in [3.63, 3.8) is 0 Å². The zero-order chi connectivity index (χ0) is 19.5. The molecular formula is C22H24N2O4. The van der Waals surface area contributed by atoms with Gasteiger partial charge in [0.05, 0.1) is 4.92 Å². The molecule has 4 rings (SSSR count). The second-order valence-electron chi connectivity index (χ2n) is 7.77. The zero-order valence-corrected chi connectivity index (χ0v) is 15.7. The van der Waals surface area contributed by atoms with E-state index in [4.69, 9.17) is 4.74 Å². The molecular weight excluding hydrogens is 356 g/mol. The van der Waals surface area contributed by atoms with Gasteiger partial charge in [-0.1, -0.05) is 30.3 Å². The molecule has 2 aliphatic rings. The van der Waals surface area contributed by atoms with Gasteiger partial charge < -0.3 is 10.1 Å². The van der Waals surface area contributed by atoms with E-state index in [-0.39, 0.29) is 24.2 Å². The van der Waals surface area contributed by atoms with Crippen LogP contribution in [0, 0.1) is 22.0 Å². The molecule has 2 fully saturated rings. The Balaban J connectivity index is 1.43. The Kier molecular flexibility index (Phi) is 5.28. The Hall–Kier alpha value is -2.89. The van der Waals surface area contributed by atoms with Crippen molar-refractivity contribution in [1.29, 1.82) is 0 Å². The van der Waals surface area contributed by atoms with Crippen LogP contribution in [0.5, 0.6) is 5.75 Å². The van der Waals surface area contributed by atoms with Gasteiger partial charge in [-0.3, -0.25) is 14.9 Å². The molecule has 0 unspecified atom stereocenters. The smallest absolute Gasteiger partial charge is 0.269 e. The first-order chi connectivity index (χ1) is 13.6. The minimum absolute atomic E-state index is 0.0188. The van der Waals surface area contributed by atoms with Gasteiger partial charge in [-0.05, 0) is 49.1 Å². The van der Waals surface area contributed by atoms with E-state index in [2.05, 4.69) is 5.32 Å². The van der Waals surface area contributed by atoms with Crippen LogP contribution in [0.25, 0.3) is 0 Å². The summed E-state index contributed by atoms with van der Waals surface area (Å²) < 4.78 is 5.77. The highest BCUT2D eigenvalue weighted by molar-refractivity contribution is 5.78. The molecule has 0 saturated heterocycles. The summed E-state index contributed by atoms with van der Waals surface area (Å²) in [5.74, 6) is 1.65. The van der Waals surface area contributed by atoms with Gasteiger partial charge in [0.25, 0.3) is 11.6 Å². The topological polar surface area (TPSA) is 81.5 Å². The highest BCUT2D eigenvalue weighted by Gasteiger charge is 2.42. The number of nitrogens with one attached hydrogen (secondary N) is 1. The van der Waals surface area contributed by atoms with Crippen LogP contribution in [0.15, 0.2) is 48.5 Å². The van der Waals surface area contributed by atoms with E-state index in [9.17, 15) is 14.9 Å². The van der Waals surface area contributed by atoms with Gasteiger partial charge in [0.15, 0.2) is 6.61 Å². The zero-order valence-electron chi connectivity index (χ0n) is 15.7. The molecule has 0 radical (unpaired) electrons. The number of carbonyl (C=O) groups excluding carboxylic acids is 1. The van der Waals surface area contributed by atoms with Crippen molar-refractivity contribution in [2.75, 3.05) is 6.61 Å². The fourth-order valence-electron chi connectivity index (χ4n) is 3.68. The molecule has 2 aliphatic carbocycles. The molecule has 28 heavy (non-hydrogen) atoms. The van der Waals surface area contributed by atoms with E-state index >= 15 is 0 Å². The van der Waals surface area contributed by atoms with E-state index in [1.807, 2.05) is 30.3 Å². The molecule has 1 amide bonds. The van der Waals surface area contributed by atoms with E-state index in [0.29, 0.717) is 29.6 Å². The third kappa shape index (κ3) is 4.68. The number of nitro groups is 1. The molecule has 2 aromatic rings. The predicted molar refractivity (Wildman–Crippen MR) is 105 cm³/mol. The molecule has 2 saturated carbocycles. The van der Waals surface area contributed by atoms with E-state index in [1.165, 1.54) is 37.8 Å². The summed E-state index contributed by atoms with van der Waals surface area (Å²) in [6.45, 7) is -0.0739. The molecule has 0 aromatic heterocycles. The average Bonchev–Trinajstić information content (AvgIpc) is 3.59. The molecule has 0 heterocycles. The van der Waals surface area contributed by atoms with Crippen molar-refractivity contribution in [2.45, 2.75) is 38.1 Å². The lowest BCUT2D eigenvalue weighted by Crippen LogP contribution is -2.40. The van der Waals surface area contributed by atoms with Gasteiger partial charge in [-0.15, -0.1) is 0 Å². The summed E-state index contributed by atoms with van der Waals surface area (Å²) in [5.41, 5.74) is 1.75. The van der Waals surface area contributed by atoms with Crippen LogP contribution in [0.3, 0.4) is 0 Å². The van der Waals surface area contributed by atoms with Crippen LogP contribution < -0.4 is 10.1 Å². The maximum Gasteiger partial charge on any atom is 0.269 e. The van der Waals surface area contributed by atoms with Crippen LogP contribution >= 0.6 is 0 Å². The van der Waals surface area contributed by atoms with Gasteiger partial charge in [-0.2, -0.15) is 0 Å². The van der Waals surface area contributed by atoms with Crippen molar-refractivity contribution in [2.24, 2.45) is 11.8 Å². The number of ether oxygens (including phenoxy) is 1. The maximum absolute atomic E-state index is 12.4. The van der Waals surface area contributed by atoms with Crippen LogP contribution in [0.1, 0.15) is 36.8 Å². The standard InChI is InChI=1S/C22H24N2O4/c25-21(23-22(16-6-7-16)17-8-9-17)14-28-20-11-10-19(24(26)27)13-18(20)12-15-4-2-1-3-5-15/h1-5,10-11,13,16-17,22H,6-9,12,14H2,(H,23,25). The van der Waals surface area contributed by atoms with Crippen molar-refractivity contribution < 1.29 is 14.5 Å². The highest BCUT2D eigenvalue weighted by Crippen LogP contribution is 2.44. The summed E-state index contributed by atoms with van der Waals surface area (Å²) in [7, 11) is 0. The fourth-order valence-corrected chi connectivity index (χ4v) is 3.68. The molecule has 6 heteroatoms. The number of nitrogens with zero attached hydrogens (tertiary/aromatic N) is 1. The minimum Gasteiger partial charge on any atom is -0.483 e. The number of nitro benzene ring substituents is 1. The molecule has 146 valence electrons. The Morgan fingerprint density at radius 2 is 1.79 bits per heavy atom. The largest absolute Gasteiger partial charge is 0.483 e. The Morgan fingerprint density at radius 1 is 1.11 bits per heavy atom. The van der Waals surface area contributed by atoms with Crippen molar-refractivity contribution in [3.8, 4) is 5.75 Å². The quantitative estimate of drug-likeness (QED) is 0.529. The van der Waals surface area contributed by atoms with Crippen LogP contribution in [-0.4, -0.2) is 23.5 Å². The summed E-state index contributed by atoms with van der Waals surface area (Å²) in [5, 5.41) is 14.3. The second-order valence-corrected chi connectivity index (χ2v) is 7.77. The predicted octanol–water partition coefficient (Wildman–Crippen LogP) is 3.87. The lowest BCUT2D eigenvalue weighted by molar-refractivity contribution is -0.384. The number of amides is 1. The maximum atomic E-state index is 12.4. The van der Waals surface area contributed by atoms with E-state index < -0.39 is 4.92 Å². The van der Waals surface area contributed by atoms with Gasteiger partial charge in [-0.25, -0.2) is 0 Å². The Bertz CT molecular complexity index is 848. The average molecular weight is 380 g/mol. The van der Waals surface area contributed by atoms with Crippen molar-refractivity contribution in [1.82, 2.24) is 5.32 Å². The first-order valence-electron chi connectivity index (χ1n) is 9.83. The normalized spacial score (nSPS) is 16.0. The first-order valence-corrected chi connectivity index (χ1v) is 9.83. The van der Waals surface area contributed by atoms with Crippen LogP contribution in [0.4, 0.5) is 5.69 Å². The third-order valence-electron chi connectivity index (χ3n) is 5.44. The molecule has 0 bridgehead atoms. The van der Waals surface area contributed by atoms with Gasteiger partial charge in [0, 0.05) is 30.2 Å². The van der Waals surface area contributed by atoms with Gasteiger partial charge >= 0.3 is 0 Å². The van der Waals surface area contributed by atoms with Crippen LogP contribution in [0.2, 0.25) is 0 Å². The molecule has 0 atom stereocenters. The fraction of sp³-hybridized carbons (Fsp3) is 0.409. The Labute approximate surface area is 164 Å². The number of hydrogen-bond donors (Lipinski definition) is 1. The van der Waals surface area contributed by atoms with Crippen molar-refractivity contribution >= 4 is 11.6 Å². The molecule has 6 nitrogen and oxygen atoms in total. The third-order valence-corrected chi connectivity index (χ3v) is 5.44. The molecule has 0 aliphatic heterocycles. The molecule has 0 spiro atoms. The highest BCUT2D eigenvalue weighted by atomic mass is 16.6. The number of carbonyl (C=O) groups is 1. The summed E-state index contributed by atoms with van der Waals surface area (Å²) in [6.07, 6.45) is 5.31. The van der Waals surface area contributed by atoms with E-state index in [0.717, 1.165) is 5.56 Å². The number of rotatable bonds is 9. The molecule has 1 N–H and O–H groups in total. The number of benzene rings is 2.